The van der Waals surface area contributed by atoms with Gasteiger partial charge in [-0.15, -0.1) is 0 Å². The van der Waals surface area contributed by atoms with Crippen LogP contribution < -0.4 is 11.1 Å². The lowest BCUT2D eigenvalue weighted by atomic mass is 9.82. The number of nitrogens with two attached hydrogens (primary N) is 1. The van der Waals surface area contributed by atoms with Gasteiger partial charge in [0.1, 0.15) is 0 Å². The Bertz CT molecular complexity index is 222. The van der Waals surface area contributed by atoms with E-state index in [4.69, 9.17) is 5.73 Å². The van der Waals surface area contributed by atoms with Gasteiger partial charge in [-0.3, -0.25) is 0 Å². The summed E-state index contributed by atoms with van der Waals surface area (Å²) in [6.07, 6.45) is 2.37. The lowest BCUT2D eigenvalue weighted by molar-refractivity contribution is 0.144. The molecule has 0 aromatic rings. The fourth-order valence-electron chi connectivity index (χ4n) is 3.08. The van der Waals surface area contributed by atoms with Gasteiger partial charge in [0.15, 0.2) is 0 Å². The first kappa shape index (κ1) is 15.9. The van der Waals surface area contributed by atoms with E-state index >= 15 is 0 Å². The predicted octanol–water partition coefficient (Wildman–Crippen LogP) is 1.93. The van der Waals surface area contributed by atoms with Crippen molar-refractivity contribution in [2.24, 2.45) is 23.5 Å². The van der Waals surface area contributed by atoms with E-state index in [2.05, 4.69) is 45.0 Å². The van der Waals surface area contributed by atoms with Gasteiger partial charge in [0.05, 0.1) is 0 Å². The van der Waals surface area contributed by atoms with Crippen LogP contribution in [-0.4, -0.2) is 43.7 Å². The smallest absolute Gasteiger partial charge is 0.0328 e. The van der Waals surface area contributed by atoms with Crippen molar-refractivity contribution in [1.29, 1.82) is 0 Å². The minimum Gasteiger partial charge on any atom is -0.329 e. The number of rotatable bonds is 6. The third kappa shape index (κ3) is 4.22. The standard InChI is InChI=1S/C15H33N3/c1-12(2)14(13(3)4)10-17-15(11-16)6-8-18(5)9-7-15/h12-14,17H,6-11,16H2,1-5H3. The molecular weight excluding hydrogens is 222 g/mol. The fourth-order valence-corrected chi connectivity index (χ4v) is 3.08. The first-order valence-corrected chi connectivity index (χ1v) is 7.54. The summed E-state index contributed by atoms with van der Waals surface area (Å²) in [4.78, 5) is 2.40. The third-order valence-corrected chi connectivity index (χ3v) is 4.76. The molecule has 1 aliphatic rings. The van der Waals surface area contributed by atoms with E-state index in [1.807, 2.05) is 0 Å². The van der Waals surface area contributed by atoms with Crippen LogP contribution in [0.3, 0.4) is 0 Å². The number of hydrogen-bond acceptors (Lipinski definition) is 3. The van der Waals surface area contributed by atoms with Crippen LogP contribution in [0.5, 0.6) is 0 Å². The number of likely N-dealkylation sites (tertiary alicyclic amines) is 1. The van der Waals surface area contributed by atoms with Crippen LogP contribution in [0.15, 0.2) is 0 Å². The van der Waals surface area contributed by atoms with Crippen LogP contribution in [0.2, 0.25) is 0 Å². The van der Waals surface area contributed by atoms with Crippen LogP contribution >= 0.6 is 0 Å². The van der Waals surface area contributed by atoms with E-state index in [1.165, 1.54) is 12.8 Å². The average molecular weight is 255 g/mol. The summed E-state index contributed by atoms with van der Waals surface area (Å²) in [5.74, 6) is 2.21. The van der Waals surface area contributed by atoms with Gasteiger partial charge in [-0.2, -0.15) is 0 Å². The van der Waals surface area contributed by atoms with Crippen molar-refractivity contribution in [2.75, 3.05) is 33.2 Å². The van der Waals surface area contributed by atoms with E-state index in [-0.39, 0.29) is 5.54 Å². The highest BCUT2D eigenvalue weighted by Gasteiger charge is 2.33. The Morgan fingerprint density at radius 3 is 2.00 bits per heavy atom. The number of piperidine rings is 1. The molecule has 3 nitrogen and oxygen atoms in total. The highest BCUT2D eigenvalue weighted by molar-refractivity contribution is 4.94. The van der Waals surface area contributed by atoms with Crippen LogP contribution in [-0.2, 0) is 0 Å². The molecule has 0 amide bonds. The molecule has 1 saturated heterocycles. The van der Waals surface area contributed by atoms with Gasteiger partial charge in [-0.05, 0) is 57.3 Å². The molecule has 108 valence electrons. The van der Waals surface area contributed by atoms with Crippen molar-refractivity contribution in [3.63, 3.8) is 0 Å². The minimum atomic E-state index is 0.189. The van der Waals surface area contributed by atoms with Gasteiger partial charge in [-0.1, -0.05) is 27.7 Å². The van der Waals surface area contributed by atoms with Gasteiger partial charge in [0.2, 0.25) is 0 Å². The summed E-state index contributed by atoms with van der Waals surface area (Å²) >= 11 is 0. The molecule has 0 saturated carbocycles. The Morgan fingerprint density at radius 1 is 1.11 bits per heavy atom. The summed E-state index contributed by atoms with van der Waals surface area (Å²) in [5, 5.41) is 3.82. The zero-order chi connectivity index (χ0) is 13.8. The Balaban J connectivity index is 2.53. The number of nitrogens with zero attached hydrogens (tertiary/aromatic N) is 1. The zero-order valence-corrected chi connectivity index (χ0v) is 13.0. The lowest BCUT2D eigenvalue weighted by Crippen LogP contribution is -2.58. The Morgan fingerprint density at radius 2 is 1.61 bits per heavy atom. The van der Waals surface area contributed by atoms with E-state index < -0.39 is 0 Å². The zero-order valence-electron chi connectivity index (χ0n) is 13.0. The molecule has 1 fully saturated rings. The van der Waals surface area contributed by atoms with Crippen LogP contribution in [0.25, 0.3) is 0 Å². The van der Waals surface area contributed by atoms with Crippen LogP contribution in [0.4, 0.5) is 0 Å². The van der Waals surface area contributed by atoms with E-state index in [0.717, 1.165) is 43.9 Å². The third-order valence-electron chi connectivity index (χ3n) is 4.76. The Hall–Kier alpha value is -0.120. The van der Waals surface area contributed by atoms with Crippen molar-refractivity contribution in [1.82, 2.24) is 10.2 Å². The maximum atomic E-state index is 6.04. The van der Waals surface area contributed by atoms with E-state index in [9.17, 15) is 0 Å². The topological polar surface area (TPSA) is 41.3 Å². The van der Waals surface area contributed by atoms with Gasteiger partial charge >= 0.3 is 0 Å². The maximum absolute atomic E-state index is 6.04. The van der Waals surface area contributed by atoms with Crippen molar-refractivity contribution in [3.05, 3.63) is 0 Å². The molecule has 0 aliphatic carbocycles. The average Bonchev–Trinajstić information content (AvgIpc) is 2.31. The largest absolute Gasteiger partial charge is 0.329 e. The maximum Gasteiger partial charge on any atom is 0.0328 e. The molecule has 1 aliphatic heterocycles. The fraction of sp³-hybridized carbons (Fsp3) is 1.00. The lowest BCUT2D eigenvalue weighted by Gasteiger charge is -2.42. The van der Waals surface area contributed by atoms with Crippen molar-refractivity contribution in [2.45, 2.75) is 46.1 Å². The monoisotopic (exact) mass is 255 g/mol. The molecule has 18 heavy (non-hydrogen) atoms. The van der Waals surface area contributed by atoms with Crippen molar-refractivity contribution < 1.29 is 0 Å². The molecule has 1 heterocycles. The molecule has 1 rings (SSSR count). The van der Waals surface area contributed by atoms with E-state index in [0.29, 0.717) is 0 Å². The highest BCUT2D eigenvalue weighted by Crippen LogP contribution is 2.24. The van der Waals surface area contributed by atoms with Crippen molar-refractivity contribution in [3.8, 4) is 0 Å². The number of nitrogens with one attached hydrogen (secondary N) is 1. The van der Waals surface area contributed by atoms with Crippen LogP contribution in [0, 0.1) is 17.8 Å². The molecular formula is C15H33N3. The summed E-state index contributed by atoms with van der Waals surface area (Å²) in [5.41, 5.74) is 6.23. The van der Waals surface area contributed by atoms with E-state index in [1.54, 1.807) is 0 Å². The first-order chi connectivity index (χ1) is 8.40. The predicted molar refractivity (Wildman–Crippen MR) is 79.7 cm³/mol. The molecule has 0 aromatic heterocycles. The molecule has 3 N–H and O–H groups in total. The van der Waals surface area contributed by atoms with Gasteiger partial charge in [0, 0.05) is 12.1 Å². The normalized spacial score (nSPS) is 21.2. The minimum absolute atomic E-state index is 0.189. The molecule has 0 atom stereocenters. The molecule has 0 radical (unpaired) electrons. The van der Waals surface area contributed by atoms with Gasteiger partial charge in [-0.25, -0.2) is 0 Å². The Kier molecular flexibility index (Phi) is 6.09. The summed E-state index contributed by atoms with van der Waals surface area (Å²) in [6.45, 7) is 13.5. The quantitative estimate of drug-likeness (QED) is 0.762. The molecule has 0 bridgehead atoms. The van der Waals surface area contributed by atoms with Crippen LogP contribution in [0.1, 0.15) is 40.5 Å². The first-order valence-electron chi connectivity index (χ1n) is 7.54. The van der Waals surface area contributed by atoms with Gasteiger partial charge in [0.25, 0.3) is 0 Å². The molecule has 0 unspecified atom stereocenters. The highest BCUT2D eigenvalue weighted by atomic mass is 15.1. The Labute approximate surface area is 113 Å². The number of hydrogen-bond donors (Lipinski definition) is 2. The SMILES string of the molecule is CC(C)C(CNC1(CN)CCN(C)CC1)C(C)C. The molecule has 0 aromatic carbocycles. The second-order valence-electron chi connectivity index (χ2n) is 6.82. The summed E-state index contributed by atoms with van der Waals surface area (Å²) in [7, 11) is 2.20. The summed E-state index contributed by atoms with van der Waals surface area (Å²) < 4.78 is 0. The second kappa shape index (κ2) is 6.88. The van der Waals surface area contributed by atoms with Crippen molar-refractivity contribution >= 4 is 0 Å². The van der Waals surface area contributed by atoms with Gasteiger partial charge < -0.3 is 16.0 Å². The summed E-state index contributed by atoms with van der Waals surface area (Å²) in [6, 6.07) is 0. The second-order valence-corrected chi connectivity index (χ2v) is 6.82. The molecule has 3 heteroatoms. The molecule has 0 spiro atoms.